The summed E-state index contributed by atoms with van der Waals surface area (Å²) in [6, 6.07) is 6.24. The first-order chi connectivity index (χ1) is 12.5. The maximum atomic E-state index is 12.5. The molecule has 1 fully saturated rings. The highest BCUT2D eigenvalue weighted by atomic mass is 35.5. The number of methoxy groups -OCH3 is 1. The van der Waals surface area contributed by atoms with E-state index in [1.807, 2.05) is 12.1 Å². The Balaban J connectivity index is 1.93. The van der Waals surface area contributed by atoms with Gasteiger partial charge in [0.25, 0.3) is 0 Å². The van der Waals surface area contributed by atoms with Crippen LogP contribution < -0.4 is 20.4 Å². The number of carbonyl (C=O) groups is 2. The van der Waals surface area contributed by atoms with Crippen molar-refractivity contribution in [1.29, 1.82) is 0 Å². The normalized spacial score (nSPS) is 26.1. The summed E-state index contributed by atoms with van der Waals surface area (Å²) in [5, 5.41) is 6.25. The Morgan fingerprint density at radius 1 is 1.23 bits per heavy atom. The average Bonchev–Trinajstić information content (AvgIpc) is 2.63. The summed E-state index contributed by atoms with van der Waals surface area (Å²) in [5.74, 6) is -0.438. The summed E-state index contributed by atoms with van der Waals surface area (Å²) < 4.78 is 5.01. The van der Waals surface area contributed by atoms with Gasteiger partial charge in [-0.05, 0) is 17.7 Å². The van der Waals surface area contributed by atoms with Gasteiger partial charge < -0.3 is 25.2 Å². The Bertz CT molecular complexity index is 712. The molecule has 0 radical (unpaired) electrons. The van der Waals surface area contributed by atoms with Crippen LogP contribution >= 0.6 is 11.6 Å². The molecule has 7 nitrogen and oxygen atoms in total. The van der Waals surface area contributed by atoms with E-state index in [4.69, 9.17) is 16.3 Å². The highest BCUT2D eigenvalue weighted by molar-refractivity contribution is 6.30. The first kappa shape index (κ1) is 18.7. The van der Waals surface area contributed by atoms with Crippen LogP contribution in [0.3, 0.4) is 0 Å². The molecule has 2 amide bonds. The average molecular weight is 381 g/mol. The zero-order valence-electron chi connectivity index (χ0n) is 15.0. The first-order valence-electron chi connectivity index (χ1n) is 8.77. The van der Waals surface area contributed by atoms with Crippen molar-refractivity contribution in [3.63, 3.8) is 0 Å². The lowest BCUT2D eigenvalue weighted by atomic mass is 9.95. The molecule has 8 heteroatoms. The second-order valence-electron chi connectivity index (χ2n) is 6.85. The second kappa shape index (κ2) is 8.07. The maximum Gasteiger partial charge on any atom is 0.338 e. The quantitative estimate of drug-likeness (QED) is 0.482. The Kier molecular flexibility index (Phi) is 5.80. The minimum atomic E-state index is -0.555. The molecule has 140 valence electrons. The van der Waals surface area contributed by atoms with E-state index in [1.54, 1.807) is 12.1 Å². The number of quaternary nitrogens is 2. The van der Waals surface area contributed by atoms with Crippen LogP contribution in [0.25, 0.3) is 0 Å². The Morgan fingerprint density at radius 3 is 2.50 bits per heavy atom. The minimum absolute atomic E-state index is 0.313. The highest BCUT2D eigenvalue weighted by Gasteiger charge is 2.35. The molecule has 2 aliphatic rings. The van der Waals surface area contributed by atoms with E-state index in [2.05, 4.69) is 17.7 Å². The number of hydrogen-bond donors (Lipinski definition) is 4. The van der Waals surface area contributed by atoms with E-state index in [0.717, 1.165) is 31.7 Å². The summed E-state index contributed by atoms with van der Waals surface area (Å²) >= 11 is 5.97. The van der Waals surface area contributed by atoms with Crippen molar-refractivity contribution in [3.8, 4) is 0 Å². The van der Waals surface area contributed by atoms with E-state index in [0.29, 0.717) is 22.8 Å². The van der Waals surface area contributed by atoms with Gasteiger partial charge in [0.15, 0.2) is 0 Å². The topological polar surface area (TPSA) is 76.3 Å². The van der Waals surface area contributed by atoms with Gasteiger partial charge in [-0.25, -0.2) is 9.59 Å². The summed E-state index contributed by atoms with van der Waals surface area (Å²) in [5.41, 5.74) is 1.88. The predicted octanol–water partition coefficient (Wildman–Crippen LogP) is -1.47. The third-order valence-electron chi connectivity index (χ3n) is 5.00. The fourth-order valence-electron chi connectivity index (χ4n) is 3.47. The first-order valence-corrected chi connectivity index (χ1v) is 9.15. The minimum Gasteiger partial charge on any atom is -0.466 e. The van der Waals surface area contributed by atoms with Crippen molar-refractivity contribution >= 4 is 23.6 Å². The van der Waals surface area contributed by atoms with E-state index in [-0.39, 0.29) is 6.03 Å². The number of carbonyl (C=O) groups excluding carboxylic acids is 2. The molecule has 0 bridgehead atoms. The number of halogens is 1. The third kappa shape index (κ3) is 4.17. The van der Waals surface area contributed by atoms with Crippen LogP contribution in [0, 0.1) is 0 Å². The largest absolute Gasteiger partial charge is 0.466 e. The van der Waals surface area contributed by atoms with Gasteiger partial charge in [-0.3, -0.25) is 0 Å². The molecule has 1 saturated heterocycles. The number of piperazine rings is 1. The third-order valence-corrected chi connectivity index (χ3v) is 5.25. The molecule has 0 unspecified atom stereocenters. The molecule has 0 aliphatic carbocycles. The molecular formula is C18H25ClN4O3+2. The fraction of sp³-hybridized carbons (Fsp3) is 0.444. The lowest BCUT2D eigenvalue weighted by molar-refractivity contribution is -1.00. The van der Waals surface area contributed by atoms with Crippen LogP contribution in [-0.2, 0) is 9.53 Å². The molecule has 1 aromatic rings. The van der Waals surface area contributed by atoms with Crippen LogP contribution in [0.5, 0.6) is 0 Å². The monoisotopic (exact) mass is 380 g/mol. The molecule has 2 heterocycles. The van der Waals surface area contributed by atoms with Crippen LogP contribution in [0.1, 0.15) is 11.6 Å². The number of amides is 2. The smallest absolute Gasteiger partial charge is 0.338 e. The molecule has 3 rings (SSSR count). The van der Waals surface area contributed by atoms with Gasteiger partial charge in [-0.2, -0.15) is 0 Å². The lowest BCUT2D eigenvalue weighted by Crippen LogP contribution is -3.27. The van der Waals surface area contributed by atoms with E-state index in [1.165, 1.54) is 16.9 Å². The zero-order chi connectivity index (χ0) is 18.7. The number of urea groups is 1. The number of rotatable bonds is 4. The Morgan fingerprint density at radius 2 is 1.88 bits per heavy atom. The summed E-state index contributed by atoms with van der Waals surface area (Å²) in [6.07, 6.45) is 0. The van der Waals surface area contributed by atoms with Crippen molar-refractivity contribution in [2.24, 2.45) is 0 Å². The maximum absolute atomic E-state index is 12.5. The van der Waals surface area contributed by atoms with Crippen molar-refractivity contribution in [3.05, 3.63) is 46.1 Å². The molecule has 2 aliphatic heterocycles. The molecule has 1 atom stereocenters. The van der Waals surface area contributed by atoms with Gasteiger partial charge in [0.05, 0.1) is 31.5 Å². The van der Waals surface area contributed by atoms with Crippen LogP contribution in [0.2, 0.25) is 5.02 Å². The number of likely N-dealkylation sites (N-methyl/N-ethyl adjacent to an activating group) is 1. The number of benzene rings is 1. The second-order valence-corrected chi connectivity index (χ2v) is 7.29. The van der Waals surface area contributed by atoms with E-state index in [9.17, 15) is 9.59 Å². The molecular weight excluding hydrogens is 356 g/mol. The molecule has 0 saturated carbocycles. The van der Waals surface area contributed by atoms with Gasteiger partial charge in [-0.1, -0.05) is 23.7 Å². The summed E-state index contributed by atoms with van der Waals surface area (Å²) in [4.78, 5) is 27.6. The molecule has 26 heavy (non-hydrogen) atoms. The van der Waals surface area contributed by atoms with Crippen molar-refractivity contribution in [2.75, 3.05) is 46.9 Å². The van der Waals surface area contributed by atoms with Crippen molar-refractivity contribution in [2.45, 2.75) is 6.04 Å². The molecule has 4 N–H and O–H groups in total. The summed E-state index contributed by atoms with van der Waals surface area (Å²) in [7, 11) is 3.53. The standard InChI is InChI=1S/C18H23ClN4O3/c1-22-7-9-23(10-8-22)11-14-15(17(24)26-2)16(21-18(25)20-14)12-3-5-13(19)6-4-12/h3-6,16H,7-11H2,1-2H3,(H2,20,21,25)/p+2/t16-/m1/s1. The van der Waals surface area contributed by atoms with Crippen LogP contribution in [0.15, 0.2) is 35.5 Å². The Labute approximate surface area is 157 Å². The van der Waals surface area contributed by atoms with E-state index >= 15 is 0 Å². The lowest BCUT2D eigenvalue weighted by Gasteiger charge is -2.32. The number of hydrogen-bond acceptors (Lipinski definition) is 3. The molecule has 0 spiro atoms. The van der Waals surface area contributed by atoms with Crippen molar-refractivity contribution in [1.82, 2.24) is 10.6 Å². The van der Waals surface area contributed by atoms with E-state index < -0.39 is 12.0 Å². The van der Waals surface area contributed by atoms with Gasteiger partial charge in [0, 0.05) is 5.02 Å². The predicted molar refractivity (Wildman–Crippen MR) is 97.1 cm³/mol. The van der Waals surface area contributed by atoms with Gasteiger partial charge in [-0.15, -0.1) is 0 Å². The van der Waals surface area contributed by atoms with Gasteiger partial charge in [0.2, 0.25) is 0 Å². The van der Waals surface area contributed by atoms with Crippen LogP contribution in [0.4, 0.5) is 4.79 Å². The van der Waals surface area contributed by atoms with Crippen LogP contribution in [-0.4, -0.2) is 58.9 Å². The number of nitrogens with one attached hydrogen (secondary N) is 4. The SMILES string of the molecule is COC(=O)C1=C(C[NH+]2CC[NH+](C)CC2)NC(=O)N[C@@H]1c1ccc(Cl)cc1. The molecule has 0 aromatic heterocycles. The fourth-order valence-corrected chi connectivity index (χ4v) is 3.60. The van der Waals surface area contributed by atoms with Gasteiger partial charge >= 0.3 is 12.0 Å². The number of esters is 1. The molecule has 1 aromatic carbocycles. The highest BCUT2D eigenvalue weighted by Crippen LogP contribution is 2.28. The summed E-state index contributed by atoms with van der Waals surface area (Å²) in [6.45, 7) is 4.73. The Hall–Kier alpha value is -2.09. The zero-order valence-corrected chi connectivity index (χ0v) is 15.8. The van der Waals surface area contributed by atoms with Crippen molar-refractivity contribution < 1.29 is 24.1 Å². The number of ether oxygens (including phenoxy) is 1. The van der Waals surface area contributed by atoms with Gasteiger partial charge in [0.1, 0.15) is 32.7 Å².